The molecule has 1 aromatic heterocycles. The Morgan fingerprint density at radius 1 is 1.43 bits per heavy atom. The Kier molecular flexibility index (Phi) is 4.31. The first-order chi connectivity index (χ1) is 10.3. The van der Waals surface area contributed by atoms with Gasteiger partial charge < -0.3 is 15.0 Å². The van der Waals surface area contributed by atoms with E-state index in [9.17, 15) is 5.11 Å². The lowest BCUT2D eigenvalue weighted by atomic mass is 10.1. The minimum atomic E-state index is 0.0893. The number of benzene rings is 1. The standard InChI is InChI=1S/C16H22N4O/c1-12(15-4-2-3-13(9-15)10-21)17-7-8-20-11-18-19-16(20)14-5-6-14/h2-4,9,11-12,14,17,21H,5-8,10H2,1H3. The molecular formula is C16H22N4O. The molecule has 112 valence electrons. The summed E-state index contributed by atoms with van der Waals surface area (Å²) in [6.45, 7) is 4.00. The van der Waals surface area contributed by atoms with Crippen LogP contribution < -0.4 is 5.32 Å². The van der Waals surface area contributed by atoms with Gasteiger partial charge in [0, 0.05) is 25.0 Å². The molecule has 0 saturated heterocycles. The highest BCUT2D eigenvalue weighted by Crippen LogP contribution is 2.38. The van der Waals surface area contributed by atoms with Crippen molar-refractivity contribution in [1.29, 1.82) is 0 Å². The maximum Gasteiger partial charge on any atom is 0.135 e. The highest BCUT2D eigenvalue weighted by molar-refractivity contribution is 5.25. The van der Waals surface area contributed by atoms with Gasteiger partial charge in [0.15, 0.2) is 0 Å². The van der Waals surface area contributed by atoms with Crippen molar-refractivity contribution in [2.24, 2.45) is 0 Å². The van der Waals surface area contributed by atoms with Gasteiger partial charge in [0.1, 0.15) is 12.2 Å². The zero-order valence-electron chi connectivity index (χ0n) is 12.4. The van der Waals surface area contributed by atoms with Crippen LogP contribution in [0.5, 0.6) is 0 Å². The van der Waals surface area contributed by atoms with E-state index < -0.39 is 0 Å². The average molecular weight is 286 g/mol. The van der Waals surface area contributed by atoms with E-state index in [1.165, 1.54) is 18.4 Å². The summed E-state index contributed by atoms with van der Waals surface area (Å²) in [7, 11) is 0. The summed E-state index contributed by atoms with van der Waals surface area (Å²) in [4.78, 5) is 0. The van der Waals surface area contributed by atoms with Gasteiger partial charge in [-0.2, -0.15) is 0 Å². The Hall–Kier alpha value is -1.72. The third-order valence-electron chi connectivity index (χ3n) is 4.02. The van der Waals surface area contributed by atoms with Gasteiger partial charge in [-0.15, -0.1) is 10.2 Å². The van der Waals surface area contributed by atoms with E-state index in [-0.39, 0.29) is 12.6 Å². The first kappa shape index (κ1) is 14.2. The monoisotopic (exact) mass is 286 g/mol. The smallest absolute Gasteiger partial charge is 0.135 e. The fourth-order valence-corrected chi connectivity index (χ4v) is 2.57. The third-order valence-corrected chi connectivity index (χ3v) is 4.02. The molecule has 21 heavy (non-hydrogen) atoms. The molecule has 0 aliphatic heterocycles. The average Bonchev–Trinajstić information content (AvgIpc) is 3.26. The molecule has 1 aliphatic carbocycles. The van der Waals surface area contributed by atoms with Crippen LogP contribution in [-0.2, 0) is 13.2 Å². The predicted octanol–water partition coefficient (Wildman–Crippen LogP) is 2.00. The van der Waals surface area contributed by atoms with Crippen LogP contribution in [0.4, 0.5) is 0 Å². The molecule has 1 heterocycles. The number of rotatable bonds is 7. The Bertz CT molecular complexity index is 591. The van der Waals surface area contributed by atoms with Crippen molar-refractivity contribution in [3.8, 4) is 0 Å². The lowest BCUT2D eigenvalue weighted by Crippen LogP contribution is -2.23. The van der Waals surface area contributed by atoms with Crippen molar-refractivity contribution in [3.63, 3.8) is 0 Å². The fourth-order valence-electron chi connectivity index (χ4n) is 2.57. The second-order valence-electron chi connectivity index (χ2n) is 5.74. The largest absolute Gasteiger partial charge is 0.392 e. The van der Waals surface area contributed by atoms with E-state index in [2.05, 4.69) is 33.1 Å². The third kappa shape index (κ3) is 3.49. The van der Waals surface area contributed by atoms with Crippen molar-refractivity contribution in [2.45, 2.75) is 44.9 Å². The van der Waals surface area contributed by atoms with Crippen molar-refractivity contribution < 1.29 is 5.11 Å². The van der Waals surface area contributed by atoms with E-state index in [1.54, 1.807) is 0 Å². The molecule has 5 heteroatoms. The first-order valence-electron chi connectivity index (χ1n) is 7.58. The van der Waals surface area contributed by atoms with Gasteiger partial charge in [0.05, 0.1) is 6.61 Å². The molecule has 1 aliphatic rings. The highest BCUT2D eigenvalue weighted by atomic mass is 16.3. The second-order valence-corrected chi connectivity index (χ2v) is 5.74. The van der Waals surface area contributed by atoms with Gasteiger partial charge in [-0.05, 0) is 30.9 Å². The van der Waals surface area contributed by atoms with Gasteiger partial charge in [0.25, 0.3) is 0 Å². The summed E-state index contributed by atoms with van der Waals surface area (Å²) in [5, 5.41) is 20.9. The number of aliphatic hydroxyl groups excluding tert-OH is 1. The first-order valence-corrected chi connectivity index (χ1v) is 7.58. The SMILES string of the molecule is CC(NCCn1cnnc1C1CC1)c1cccc(CO)c1. The van der Waals surface area contributed by atoms with Gasteiger partial charge in [-0.25, -0.2) is 0 Å². The van der Waals surface area contributed by atoms with Crippen molar-refractivity contribution >= 4 is 0 Å². The minimum absolute atomic E-state index is 0.0893. The van der Waals surface area contributed by atoms with Crippen LogP contribution in [-0.4, -0.2) is 26.4 Å². The highest BCUT2D eigenvalue weighted by Gasteiger charge is 2.28. The zero-order chi connectivity index (χ0) is 14.7. The number of aromatic nitrogens is 3. The molecule has 1 atom stereocenters. The van der Waals surface area contributed by atoms with Crippen LogP contribution in [0.2, 0.25) is 0 Å². The van der Waals surface area contributed by atoms with Gasteiger partial charge in [0.2, 0.25) is 0 Å². The lowest BCUT2D eigenvalue weighted by Gasteiger charge is -2.15. The topological polar surface area (TPSA) is 63.0 Å². The number of hydrogen-bond donors (Lipinski definition) is 2. The molecule has 5 nitrogen and oxygen atoms in total. The summed E-state index contributed by atoms with van der Waals surface area (Å²) >= 11 is 0. The lowest BCUT2D eigenvalue weighted by molar-refractivity contribution is 0.281. The number of nitrogens with one attached hydrogen (secondary N) is 1. The van der Waals surface area contributed by atoms with E-state index in [0.717, 1.165) is 24.5 Å². The number of aliphatic hydroxyl groups is 1. The molecule has 1 unspecified atom stereocenters. The second kappa shape index (κ2) is 6.37. The van der Waals surface area contributed by atoms with Crippen LogP contribution in [0.15, 0.2) is 30.6 Å². The number of hydrogen-bond acceptors (Lipinski definition) is 4. The Morgan fingerprint density at radius 3 is 3.05 bits per heavy atom. The minimum Gasteiger partial charge on any atom is -0.392 e. The van der Waals surface area contributed by atoms with Gasteiger partial charge >= 0.3 is 0 Å². The van der Waals surface area contributed by atoms with Gasteiger partial charge in [-0.1, -0.05) is 24.3 Å². The molecule has 1 fully saturated rings. The van der Waals surface area contributed by atoms with Crippen LogP contribution in [0.3, 0.4) is 0 Å². The quantitative estimate of drug-likeness (QED) is 0.817. The Balaban J connectivity index is 1.53. The maximum absolute atomic E-state index is 9.20. The molecule has 3 rings (SSSR count). The fraction of sp³-hybridized carbons (Fsp3) is 0.500. The normalized spacial score (nSPS) is 16.1. The zero-order valence-corrected chi connectivity index (χ0v) is 12.4. The number of nitrogens with zero attached hydrogens (tertiary/aromatic N) is 3. The summed E-state index contributed by atoms with van der Waals surface area (Å²) in [6.07, 6.45) is 4.32. The molecule has 2 N–H and O–H groups in total. The maximum atomic E-state index is 9.20. The molecule has 0 bridgehead atoms. The van der Waals surface area contributed by atoms with Crippen molar-refractivity contribution in [2.75, 3.05) is 6.54 Å². The van der Waals surface area contributed by atoms with Crippen molar-refractivity contribution in [1.82, 2.24) is 20.1 Å². The Labute approximate surface area is 125 Å². The Morgan fingerprint density at radius 2 is 2.29 bits per heavy atom. The van der Waals surface area contributed by atoms with E-state index in [1.807, 2.05) is 24.5 Å². The van der Waals surface area contributed by atoms with Crippen LogP contribution >= 0.6 is 0 Å². The summed E-state index contributed by atoms with van der Waals surface area (Å²) in [6, 6.07) is 8.33. The molecule has 2 aromatic rings. The molecule has 0 radical (unpaired) electrons. The molecular weight excluding hydrogens is 264 g/mol. The molecule has 0 amide bonds. The summed E-state index contributed by atoms with van der Waals surface area (Å²) in [5.41, 5.74) is 2.16. The van der Waals surface area contributed by atoms with Crippen LogP contribution in [0.25, 0.3) is 0 Å². The van der Waals surface area contributed by atoms with Gasteiger partial charge in [-0.3, -0.25) is 0 Å². The van der Waals surface area contributed by atoms with E-state index >= 15 is 0 Å². The van der Waals surface area contributed by atoms with Crippen molar-refractivity contribution in [3.05, 3.63) is 47.5 Å². The molecule has 0 spiro atoms. The summed E-state index contributed by atoms with van der Waals surface area (Å²) in [5.74, 6) is 1.76. The van der Waals surface area contributed by atoms with E-state index in [4.69, 9.17) is 0 Å². The van der Waals surface area contributed by atoms with E-state index in [0.29, 0.717) is 5.92 Å². The van der Waals surface area contributed by atoms with Crippen LogP contribution in [0.1, 0.15) is 48.7 Å². The summed E-state index contributed by atoms with van der Waals surface area (Å²) < 4.78 is 2.15. The molecule has 1 aromatic carbocycles. The van der Waals surface area contributed by atoms with Crippen LogP contribution in [0, 0.1) is 0 Å². The molecule has 1 saturated carbocycles. The predicted molar refractivity (Wildman–Crippen MR) is 80.8 cm³/mol.